The van der Waals surface area contributed by atoms with Crippen LogP contribution in [0.15, 0.2) is 41.3 Å². The Balaban J connectivity index is 1.42. The number of anilines is 1. The molecule has 0 spiro atoms. The molecule has 1 atom stereocenters. The topological polar surface area (TPSA) is 79.4 Å². The van der Waals surface area contributed by atoms with E-state index in [0.29, 0.717) is 62.1 Å². The van der Waals surface area contributed by atoms with Gasteiger partial charge in [0.25, 0.3) is 0 Å². The average Bonchev–Trinajstić information content (AvgIpc) is 2.89. The van der Waals surface area contributed by atoms with Crippen molar-refractivity contribution >= 4 is 33.2 Å². The molecular formula is C25H32ClN3O5S. The molecule has 2 aliphatic heterocycles. The number of ether oxygens (including phenoxy) is 2. The van der Waals surface area contributed by atoms with Crippen molar-refractivity contribution in [2.75, 3.05) is 58.4 Å². The second-order valence-corrected chi connectivity index (χ2v) is 11.3. The predicted molar refractivity (Wildman–Crippen MR) is 136 cm³/mol. The number of aryl methyl sites for hydroxylation is 1. The predicted octanol–water partition coefficient (Wildman–Crippen LogP) is 3.42. The third-order valence-corrected chi connectivity index (χ3v) is 8.93. The number of rotatable bonds is 6. The van der Waals surface area contributed by atoms with E-state index in [1.807, 2.05) is 23.1 Å². The summed E-state index contributed by atoms with van der Waals surface area (Å²) in [7, 11) is -0.792. The lowest BCUT2D eigenvalue weighted by atomic mass is 9.97. The van der Waals surface area contributed by atoms with Gasteiger partial charge in [0.1, 0.15) is 0 Å². The molecule has 0 radical (unpaired) electrons. The average molecular weight is 522 g/mol. The first-order chi connectivity index (χ1) is 16.7. The lowest BCUT2D eigenvalue weighted by Crippen LogP contribution is -2.53. The number of piperazine rings is 1. The van der Waals surface area contributed by atoms with Gasteiger partial charge in [-0.1, -0.05) is 17.7 Å². The molecular weight excluding hydrogens is 490 g/mol. The number of carbonyl (C=O) groups is 1. The van der Waals surface area contributed by atoms with Gasteiger partial charge in [-0.2, -0.15) is 4.31 Å². The maximum atomic E-state index is 13.3. The first kappa shape index (κ1) is 25.6. The molecule has 8 nitrogen and oxygen atoms in total. The van der Waals surface area contributed by atoms with Crippen LogP contribution in [0.4, 0.5) is 5.69 Å². The van der Waals surface area contributed by atoms with Crippen LogP contribution in [0.2, 0.25) is 5.02 Å². The van der Waals surface area contributed by atoms with Crippen LogP contribution in [-0.4, -0.2) is 77.0 Å². The van der Waals surface area contributed by atoms with E-state index < -0.39 is 10.0 Å². The quantitative estimate of drug-likeness (QED) is 0.579. The summed E-state index contributed by atoms with van der Waals surface area (Å²) < 4.78 is 38.6. The summed E-state index contributed by atoms with van der Waals surface area (Å²) in [6.45, 7) is 5.26. The monoisotopic (exact) mass is 521 g/mol. The molecule has 2 aromatic rings. The highest BCUT2D eigenvalue weighted by Gasteiger charge is 2.36. The van der Waals surface area contributed by atoms with Crippen molar-refractivity contribution < 1.29 is 22.7 Å². The molecule has 0 saturated carbocycles. The molecule has 4 rings (SSSR count). The molecule has 2 saturated heterocycles. The minimum absolute atomic E-state index is 0.0275. The highest BCUT2D eigenvalue weighted by Crippen LogP contribution is 2.32. The summed E-state index contributed by atoms with van der Waals surface area (Å²) in [5.41, 5.74) is 2.24. The van der Waals surface area contributed by atoms with E-state index in [1.54, 1.807) is 6.07 Å². The largest absolute Gasteiger partial charge is 0.493 e. The maximum Gasteiger partial charge on any atom is 0.243 e. The Kier molecular flexibility index (Phi) is 7.78. The van der Waals surface area contributed by atoms with Gasteiger partial charge in [-0.3, -0.25) is 4.79 Å². The van der Waals surface area contributed by atoms with E-state index in [1.165, 1.54) is 30.7 Å². The highest BCUT2D eigenvalue weighted by atomic mass is 35.5. The standard InChI is InChI=1S/C25H32ClN3O5S/c1-18-6-7-20(26)15-22(18)27-11-13-28(14-12-27)25(30)19-5-4-10-29(17-19)35(31,32)21-8-9-23(33-2)24(16-21)34-3/h6-9,15-16,19H,4-5,10-14,17H2,1-3H3/t19-/m1/s1. The summed E-state index contributed by atoms with van der Waals surface area (Å²) in [6.07, 6.45) is 1.33. The van der Waals surface area contributed by atoms with E-state index in [4.69, 9.17) is 21.1 Å². The molecule has 0 unspecified atom stereocenters. The van der Waals surface area contributed by atoms with Gasteiger partial charge in [-0.05, 0) is 49.6 Å². The van der Waals surface area contributed by atoms with Crippen molar-refractivity contribution in [1.29, 1.82) is 0 Å². The van der Waals surface area contributed by atoms with Gasteiger partial charge >= 0.3 is 0 Å². The van der Waals surface area contributed by atoms with E-state index in [-0.39, 0.29) is 23.3 Å². The second-order valence-electron chi connectivity index (χ2n) is 8.96. The van der Waals surface area contributed by atoms with Crippen LogP contribution < -0.4 is 14.4 Å². The van der Waals surface area contributed by atoms with E-state index in [9.17, 15) is 13.2 Å². The third kappa shape index (κ3) is 5.37. The smallest absolute Gasteiger partial charge is 0.243 e. The first-order valence-corrected chi connectivity index (χ1v) is 13.6. The fourth-order valence-corrected chi connectivity index (χ4v) is 6.54. The SMILES string of the molecule is COc1ccc(S(=O)(=O)N2CCC[C@@H](C(=O)N3CCN(c4cc(Cl)ccc4C)CC3)C2)cc1OC. The number of piperidine rings is 1. The highest BCUT2D eigenvalue weighted by molar-refractivity contribution is 7.89. The fraction of sp³-hybridized carbons (Fsp3) is 0.480. The Morgan fingerprint density at radius 2 is 1.69 bits per heavy atom. The molecule has 1 amide bonds. The number of benzene rings is 2. The summed E-state index contributed by atoms with van der Waals surface area (Å²) in [5, 5.41) is 0.696. The number of sulfonamides is 1. The molecule has 2 fully saturated rings. The normalized spacial score (nSPS) is 19.5. The zero-order valence-corrected chi connectivity index (χ0v) is 21.9. The minimum Gasteiger partial charge on any atom is -0.493 e. The third-order valence-electron chi connectivity index (χ3n) is 6.83. The molecule has 2 heterocycles. The number of hydrogen-bond acceptors (Lipinski definition) is 6. The van der Waals surface area contributed by atoms with Crippen molar-refractivity contribution in [3.8, 4) is 11.5 Å². The molecule has 2 aromatic carbocycles. The van der Waals surface area contributed by atoms with Gasteiger partial charge < -0.3 is 19.3 Å². The molecule has 2 aliphatic rings. The molecule has 0 bridgehead atoms. The van der Waals surface area contributed by atoms with Gasteiger partial charge in [-0.15, -0.1) is 0 Å². The van der Waals surface area contributed by atoms with Crippen LogP contribution in [0.5, 0.6) is 11.5 Å². The van der Waals surface area contributed by atoms with Gasteiger partial charge in [-0.25, -0.2) is 8.42 Å². The van der Waals surface area contributed by atoms with Crippen molar-refractivity contribution in [2.45, 2.75) is 24.7 Å². The van der Waals surface area contributed by atoms with E-state index in [0.717, 1.165) is 11.3 Å². The minimum atomic E-state index is -3.76. The number of carbonyl (C=O) groups excluding carboxylic acids is 1. The molecule has 35 heavy (non-hydrogen) atoms. The van der Waals surface area contributed by atoms with Gasteiger partial charge in [0.2, 0.25) is 15.9 Å². The number of hydrogen-bond donors (Lipinski definition) is 0. The van der Waals surface area contributed by atoms with Crippen LogP contribution in [-0.2, 0) is 14.8 Å². The Morgan fingerprint density at radius 1 is 0.971 bits per heavy atom. The van der Waals surface area contributed by atoms with Crippen LogP contribution in [0, 0.1) is 12.8 Å². The number of nitrogens with zero attached hydrogens (tertiary/aromatic N) is 3. The van der Waals surface area contributed by atoms with Crippen LogP contribution in [0.3, 0.4) is 0 Å². The first-order valence-electron chi connectivity index (χ1n) is 11.8. The molecule has 0 N–H and O–H groups in total. The Morgan fingerprint density at radius 3 is 2.37 bits per heavy atom. The Bertz CT molecular complexity index is 1180. The zero-order valence-electron chi connectivity index (χ0n) is 20.4. The lowest BCUT2D eigenvalue weighted by Gasteiger charge is -2.40. The molecule has 0 aromatic heterocycles. The van der Waals surface area contributed by atoms with E-state index in [2.05, 4.69) is 11.8 Å². The number of amides is 1. The van der Waals surface area contributed by atoms with Gasteiger partial charge in [0.05, 0.1) is 25.0 Å². The Hall–Kier alpha value is -2.49. The van der Waals surface area contributed by atoms with Crippen LogP contribution in [0.1, 0.15) is 18.4 Å². The molecule has 0 aliphatic carbocycles. The summed E-state index contributed by atoms with van der Waals surface area (Å²) in [6, 6.07) is 10.4. The summed E-state index contributed by atoms with van der Waals surface area (Å²) in [5.74, 6) is 0.495. The van der Waals surface area contributed by atoms with Crippen molar-refractivity contribution in [3.63, 3.8) is 0 Å². The van der Waals surface area contributed by atoms with Crippen LogP contribution in [0.25, 0.3) is 0 Å². The van der Waals surface area contributed by atoms with Gasteiger partial charge in [0, 0.05) is 56.0 Å². The van der Waals surface area contributed by atoms with Crippen molar-refractivity contribution in [3.05, 3.63) is 47.0 Å². The molecule has 190 valence electrons. The molecule has 10 heteroatoms. The van der Waals surface area contributed by atoms with Crippen molar-refractivity contribution in [2.24, 2.45) is 5.92 Å². The van der Waals surface area contributed by atoms with Gasteiger partial charge in [0.15, 0.2) is 11.5 Å². The second kappa shape index (κ2) is 10.6. The fourth-order valence-electron chi connectivity index (χ4n) is 4.84. The van der Waals surface area contributed by atoms with Crippen LogP contribution >= 0.6 is 11.6 Å². The zero-order chi connectivity index (χ0) is 25.2. The van der Waals surface area contributed by atoms with Crippen molar-refractivity contribution in [1.82, 2.24) is 9.21 Å². The maximum absolute atomic E-state index is 13.3. The summed E-state index contributed by atoms with van der Waals surface area (Å²) in [4.78, 5) is 17.6. The number of halogens is 1. The summed E-state index contributed by atoms with van der Waals surface area (Å²) >= 11 is 6.19. The lowest BCUT2D eigenvalue weighted by molar-refractivity contribution is -0.137. The Labute approximate surface area is 212 Å². The number of methoxy groups -OCH3 is 2. The van der Waals surface area contributed by atoms with E-state index >= 15 is 0 Å².